The quantitative estimate of drug-likeness (QED) is 0.517. The summed E-state index contributed by atoms with van der Waals surface area (Å²) in [6, 6.07) is 10.4. The first-order chi connectivity index (χ1) is 9.76. The zero-order chi connectivity index (χ0) is 14.4. The standard InChI is InChI=1S/C17H21BrO2/c1-13-16-8-7-15(20-11-5-3-4-10-18)12-14(16)6-9-17(13)19-2/h6-9,12H,3-5,10-11H2,1-2H3. The lowest BCUT2D eigenvalue weighted by Crippen LogP contribution is -1.97. The van der Waals surface area contributed by atoms with Gasteiger partial charge in [-0.3, -0.25) is 0 Å². The maximum Gasteiger partial charge on any atom is 0.122 e. The van der Waals surface area contributed by atoms with Crippen LogP contribution in [-0.2, 0) is 0 Å². The number of aryl methyl sites for hydroxylation is 1. The number of hydrogen-bond donors (Lipinski definition) is 0. The first-order valence-electron chi connectivity index (χ1n) is 7.02. The molecule has 2 rings (SSSR count). The molecule has 2 aromatic carbocycles. The molecule has 0 atom stereocenters. The summed E-state index contributed by atoms with van der Waals surface area (Å²) in [7, 11) is 1.71. The minimum atomic E-state index is 0.785. The molecule has 0 saturated carbocycles. The van der Waals surface area contributed by atoms with Gasteiger partial charge in [-0.1, -0.05) is 28.1 Å². The Morgan fingerprint density at radius 1 is 1.05 bits per heavy atom. The van der Waals surface area contributed by atoms with Crippen LogP contribution in [0.25, 0.3) is 10.8 Å². The van der Waals surface area contributed by atoms with E-state index in [1.807, 2.05) is 12.1 Å². The van der Waals surface area contributed by atoms with Gasteiger partial charge in [-0.05, 0) is 60.7 Å². The van der Waals surface area contributed by atoms with Gasteiger partial charge in [-0.15, -0.1) is 0 Å². The van der Waals surface area contributed by atoms with Gasteiger partial charge in [0.2, 0.25) is 0 Å². The molecule has 0 spiro atoms. The number of ether oxygens (including phenoxy) is 2. The first-order valence-corrected chi connectivity index (χ1v) is 8.14. The summed E-state index contributed by atoms with van der Waals surface area (Å²) in [5.41, 5.74) is 1.17. The monoisotopic (exact) mass is 336 g/mol. The van der Waals surface area contributed by atoms with Gasteiger partial charge < -0.3 is 9.47 Å². The van der Waals surface area contributed by atoms with E-state index in [4.69, 9.17) is 9.47 Å². The maximum atomic E-state index is 5.81. The van der Waals surface area contributed by atoms with E-state index >= 15 is 0 Å². The van der Waals surface area contributed by atoms with E-state index in [-0.39, 0.29) is 0 Å². The second-order valence-corrected chi connectivity index (χ2v) is 5.67. The second kappa shape index (κ2) is 7.53. The van der Waals surface area contributed by atoms with E-state index in [2.05, 4.69) is 41.1 Å². The fourth-order valence-electron chi connectivity index (χ4n) is 2.32. The largest absolute Gasteiger partial charge is 0.496 e. The van der Waals surface area contributed by atoms with Gasteiger partial charge >= 0.3 is 0 Å². The Balaban J connectivity index is 2.06. The van der Waals surface area contributed by atoms with Gasteiger partial charge in [0.05, 0.1) is 13.7 Å². The normalized spacial score (nSPS) is 10.8. The lowest BCUT2D eigenvalue weighted by Gasteiger charge is -2.10. The van der Waals surface area contributed by atoms with Crippen LogP contribution in [0.5, 0.6) is 11.5 Å². The van der Waals surface area contributed by atoms with Gasteiger partial charge in [-0.2, -0.15) is 0 Å². The van der Waals surface area contributed by atoms with Gasteiger partial charge in [-0.25, -0.2) is 0 Å². The molecule has 0 amide bonds. The van der Waals surface area contributed by atoms with Gasteiger partial charge in [0, 0.05) is 5.33 Å². The molecule has 0 fully saturated rings. The van der Waals surface area contributed by atoms with Crippen LogP contribution >= 0.6 is 15.9 Å². The summed E-state index contributed by atoms with van der Waals surface area (Å²) in [6.45, 7) is 2.87. The number of alkyl halides is 1. The summed E-state index contributed by atoms with van der Waals surface area (Å²) in [5.74, 6) is 1.88. The molecule has 0 heterocycles. The SMILES string of the molecule is COc1ccc2cc(OCCCCCBr)ccc2c1C. The number of halogens is 1. The predicted octanol–water partition coefficient (Wildman–Crippen LogP) is 5.10. The third-order valence-electron chi connectivity index (χ3n) is 3.48. The molecule has 0 N–H and O–H groups in total. The number of rotatable bonds is 7. The van der Waals surface area contributed by atoms with Crippen LogP contribution in [0.15, 0.2) is 30.3 Å². The van der Waals surface area contributed by atoms with E-state index in [9.17, 15) is 0 Å². The summed E-state index contributed by atoms with van der Waals surface area (Å²) in [5, 5.41) is 3.49. The van der Waals surface area contributed by atoms with Crippen molar-refractivity contribution in [1.82, 2.24) is 0 Å². The highest BCUT2D eigenvalue weighted by Crippen LogP contribution is 2.29. The van der Waals surface area contributed by atoms with E-state index < -0.39 is 0 Å². The van der Waals surface area contributed by atoms with Crippen LogP contribution in [0.3, 0.4) is 0 Å². The van der Waals surface area contributed by atoms with Crippen molar-refractivity contribution in [2.75, 3.05) is 19.0 Å². The Kier molecular flexibility index (Phi) is 5.72. The molecule has 0 unspecified atom stereocenters. The molecule has 2 nitrogen and oxygen atoms in total. The van der Waals surface area contributed by atoms with E-state index in [1.165, 1.54) is 29.2 Å². The summed E-state index contributed by atoms with van der Waals surface area (Å²) >= 11 is 3.44. The summed E-state index contributed by atoms with van der Waals surface area (Å²) < 4.78 is 11.2. The van der Waals surface area contributed by atoms with Crippen molar-refractivity contribution in [2.45, 2.75) is 26.2 Å². The Morgan fingerprint density at radius 3 is 2.65 bits per heavy atom. The lowest BCUT2D eigenvalue weighted by atomic mass is 10.0. The summed E-state index contributed by atoms with van der Waals surface area (Å²) in [6.07, 6.45) is 3.51. The van der Waals surface area contributed by atoms with Crippen LogP contribution in [0, 0.1) is 6.92 Å². The fraction of sp³-hybridized carbons (Fsp3) is 0.412. The Bertz CT molecular complexity index is 566. The predicted molar refractivity (Wildman–Crippen MR) is 88.4 cm³/mol. The highest BCUT2D eigenvalue weighted by atomic mass is 79.9. The van der Waals surface area contributed by atoms with Crippen molar-refractivity contribution < 1.29 is 9.47 Å². The van der Waals surface area contributed by atoms with Crippen molar-refractivity contribution >= 4 is 26.7 Å². The zero-order valence-electron chi connectivity index (χ0n) is 12.1. The second-order valence-electron chi connectivity index (χ2n) is 4.87. The van der Waals surface area contributed by atoms with Crippen LogP contribution in [0.4, 0.5) is 0 Å². The molecule has 0 aliphatic heterocycles. The van der Waals surface area contributed by atoms with Gasteiger partial charge in [0.1, 0.15) is 11.5 Å². The highest BCUT2D eigenvalue weighted by Gasteiger charge is 2.05. The van der Waals surface area contributed by atoms with Crippen LogP contribution in [0.1, 0.15) is 24.8 Å². The van der Waals surface area contributed by atoms with Crippen molar-refractivity contribution in [3.63, 3.8) is 0 Å². The molecule has 0 aromatic heterocycles. The van der Waals surface area contributed by atoms with E-state index in [0.29, 0.717) is 0 Å². The Morgan fingerprint density at radius 2 is 1.90 bits per heavy atom. The Hall–Kier alpha value is -1.22. The van der Waals surface area contributed by atoms with Crippen LogP contribution in [0.2, 0.25) is 0 Å². The molecule has 108 valence electrons. The Labute approximate surface area is 129 Å². The molecule has 0 bridgehead atoms. The van der Waals surface area contributed by atoms with Crippen molar-refractivity contribution in [1.29, 1.82) is 0 Å². The first kappa shape index (κ1) is 15.2. The molecular formula is C17H21BrO2. The average molecular weight is 337 g/mol. The van der Waals surface area contributed by atoms with Crippen molar-refractivity contribution in [2.24, 2.45) is 0 Å². The van der Waals surface area contributed by atoms with Crippen LogP contribution in [-0.4, -0.2) is 19.0 Å². The van der Waals surface area contributed by atoms with Gasteiger partial charge in [0.25, 0.3) is 0 Å². The van der Waals surface area contributed by atoms with Crippen molar-refractivity contribution in [3.8, 4) is 11.5 Å². The molecule has 2 aromatic rings. The summed E-state index contributed by atoms with van der Waals surface area (Å²) in [4.78, 5) is 0. The fourth-order valence-corrected chi connectivity index (χ4v) is 2.71. The number of methoxy groups -OCH3 is 1. The maximum absolute atomic E-state index is 5.81. The highest BCUT2D eigenvalue weighted by molar-refractivity contribution is 9.09. The lowest BCUT2D eigenvalue weighted by molar-refractivity contribution is 0.307. The average Bonchev–Trinajstić information content (AvgIpc) is 2.47. The minimum Gasteiger partial charge on any atom is -0.496 e. The van der Waals surface area contributed by atoms with Gasteiger partial charge in [0.15, 0.2) is 0 Å². The number of hydrogen-bond acceptors (Lipinski definition) is 2. The van der Waals surface area contributed by atoms with Crippen molar-refractivity contribution in [3.05, 3.63) is 35.9 Å². The molecule has 20 heavy (non-hydrogen) atoms. The molecular weight excluding hydrogens is 316 g/mol. The molecule has 3 heteroatoms. The topological polar surface area (TPSA) is 18.5 Å². The molecule has 0 saturated heterocycles. The molecule has 0 aliphatic rings. The third kappa shape index (κ3) is 3.66. The van der Waals surface area contributed by atoms with E-state index in [1.54, 1.807) is 7.11 Å². The third-order valence-corrected chi connectivity index (χ3v) is 4.04. The zero-order valence-corrected chi connectivity index (χ0v) is 13.7. The van der Waals surface area contributed by atoms with Crippen LogP contribution < -0.4 is 9.47 Å². The smallest absolute Gasteiger partial charge is 0.122 e. The molecule has 0 aliphatic carbocycles. The number of benzene rings is 2. The number of fused-ring (bicyclic) bond motifs is 1. The molecule has 0 radical (unpaired) electrons. The van der Waals surface area contributed by atoms with E-state index in [0.717, 1.165) is 29.9 Å². The minimum absolute atomic E-state index is 0.785. The number of unbranched alkanes of at least 4 members (excludes halogenated alkanes) is 2.